The van der Waals surface area contributed by atoms with Gasteiger partial charge in [-0.25, -0.2) is 10.0 Å². The molecular weight excluding hydrogens is 313 g/mol. The highest BCUT2D eigenvalue weighted by molar-refractivity contribution is 7.60. The summed E-state index contributed by atoms with van der Waals surface area (Å²) in [5.41, 5.74) is -0.141. The summed E-state index contributed by atoms with van der Waals surface area (Å²) in [5, 5.41) is 18.1. The van der Waals surface area contributed by atoms with Crippen LogP contribution in [0.2, 0.25) is 0 Å². The minimum absolute atomic E-state index is 0.0413. The topological polar surface area (TPSA) is 132 Å². The highest BCUT2D eigenvalue weighted by atomic mass is 31.2. The van der Waals surface area contributed by atoms with Crippen molar-refractivity contribution < 1.29 is 34.3 Å². The molecule has 4 N–H and O–H groups in total. The van der Waals surface area contributed by atoms with Crippen LogP contribution in [-0.4, -0.2) is 21.0 Å². The van der Waals surface area contributed by atoms with Crippen LogP contribution in [0.1, 0.15) is 10.4 Å². The van der Waals surface area contributed by atoms with Crippen molar-refractivity contribution in [2.75, 3.05) is 0 Å². The third-order valence-electron chi connectivity index (χ3n) is 2.73. The molecule has 1 unspecified atom stereocenters. The number of carbonyl (C=O) groups excluding carboxylic acids is 1. The number of rotatable bonds is 4. The Labute approximate surface area is 124 Å². The largest absolute Gasteiger partial charge is 0.595 e. The summed E-state index contributed by atoms with van der Waals surface area (Å²) >= 11 is 0. The summed E-state index contributed by atoms with van der Waals surface area (Å²) in [6.07, 6.45) is 0. The van der Waals surface area contributed by atoms with Crippen molar-refractivity contribution in [3.8, 4) is 5.75 Å². The van der Waals surface area contributed by atoms with Gasteiger partial charge in [0.25, 0.3) is 0 Å². The Balaban J connectivity index is 2.30. The zero-order valence-electron chi connectivity index (χ0n) is 11.0. The van der Waals surface area contributed by atoms with Crippen molar-refractivity contribution in [1.29, 1.82) is 0 Å². The molecule has 0 aliphatic heterocycles. The van der Waals surface area contributed by atoms with Gasteiger partial charge in [-0.05, 0) is 18.2 Å². The second-order valence-corrected chi connectivity index (χ2v) is 5.86. The van der Waals surface area contributed by atoms with Crippen LogP contribution in [0.25, 0.3) is 0 Å². The van der Waals surface area contributed by atoms with E-state index in [9.17, 15) is 24.4 Å². The zero-order chi connectivity index (χ0) is 16.3. The SMILES string of the molecule is O=C(Oc1ccccc1P(=O)(O)O)c1cccc([NH+]([O-])O)c1. The minimum Gasteiger partial charge on any atom is -0.595 e. The van der Waals surface area contributed by atoms with E-state index in [4.69, 9.17) is 9.94 Å². The number of para-hydroxylation sites is 1. The molecule has 0 saturated heterocycles. The molecule has 0 amide bonds. The molecule has 0 bridgehead atoms. The van der Waals surface area contributed by atoms with Gasteiger partial charge in [-0.15, -0.1) is 0 Å². The first-order valence-electron chi connectivity index (χ1n) is 6.00. The Hall–Kier alpha value is -2.06. The van der Waals surface area contributed by atoms with E-state index in [2.05, 4.69) is 0 Å². The van der Waals surface area contributed by atoms with Crippen molar-refractivity contribution in [3.05, 3.63) is 59.3 Å². The Morgan fingerprint density at radius 2 is 1.82 bits per heavy atom. The molecule has 2 aromatic rings. The number of esters is 1. The molecule has 0 fully saturated rings. The third-order valence-corrected chi connectivity index (χ3v) is 3.72. The van der Waals surface area contributed by atoms with Crippen molar-refractivity contribution in [2.45, 2.75) is 0 Å². The molecule has 0 aliphatic rings. The van der Waals surface area contributed by atoms with Gasteiger partial charge in [0.1, 0.15) is 11.1 Å². The molecule has 8 nitrogen and oxygen atoms in total. The lowest BCUT2D eigenvalue weighted by Gasteiger charge is -2.13. The average molecular weight is 325 g/mol. The summed E-state index contributed by atoms with van der Waals surface area (Å²) in [4.78, 5) is 30.4. The standard InChI is InChI=1S/C13H12NO7P/c15-13(9-4-3-5-10(8-9)14(16)17)21-11-6-1-2-7-12(11)22(18,19)20/h1-8,14,16H,(H2,18,19,20). The normalized spacial score (nSPS) is 12.7. The quantitative estimate of drug-likeness (QED) is 0.271. The van der Waals surface area contributed by atoms with Crippen molar-refractivity contribution in [3.63, 3.8) is 0 Å². The Bertz CT molecular complexity index is 741. The minimum atomic E-state index is -4.60. The number of quaternary nitrogens is 1. The van der Waals surface area contributed by atoms with Gasteiger partial charge in [0.2, 0.25) is 0 Å². The molecule has 116 valence electrons. The number of carbonyl (C=O) groups is 1. The number of hydrogen-bond donors (Lipinski definition) is 4. The fourth-order valence-corrected chi connectivity index (χ4v) is 2.41. The Morgan fingerprint density at radius 3 is 2.45 bits per heavy atom. The summed E-state index contributed by atoms with van der Waals surface area (Å²) in [5.74, 6) is -1.19. The van der Waals surface area contributed by atoms with Gasteiger partial charge in [-0.1, -0.05) is 18.2 Å². The van der Waals surface area contributed by atoms with E-state index < -0.39 is 24.1 Å². The van der Waals surface area contributed by atoms with Gasteiger partial charge in [0, 0.05) is 12.1 Å². The fraction of sp³-hybridized carbons (Fsp3) is 0. The van der Waals surface area contributed by atoms with E-state index in [1.54, 1.807) is 0 Å². The van der Waals surface area contributed by atoms with Gasteiger partial charge >= 0.3 is 13.6 Å². The first-order chi connectivity index (χ1) is 10.3. The molecule has 22 heavy (non-hydrogen) atoms. The lowest BCUT2D eigenvalue weighted by atomic mass is 10.2. The lowest BCUT2D eigenvalue weighted by molar-refractivity contribution is -0.991. The molecule has 2 aromatic carbocycles. The Morgan fingerprint density at radius 1 is 1.14 bits per heavy atom. The predicted octanol–water partition coefficient (Wildman–Crippen LogP) is 0.112. The zero-order valence-corrected chi connectivity index (χ0v) is 11.9. The number of ether oxygens (including phenoxy) is 1. The van der Waals surface area contributed by atoms with Gasteiger partial charge in [0.15, 0.2) is 5.69 Å². The van der Waals surface area contributed by atoms with Gasteiger partial charge in [-0.2, -0.15) is 5.23 Å². The number of nitrogens with one attached hydrogen (secondary N) is 1. The summed E-state index contributed by atoms with van der Waals surface area (Å²) in [6, 6.07) is 10.4. The summed E-state index contributed by atoms with van der Waals surface area (Å²) in [7, 11) is -4.60. The van der Waals surface area contributed by atoms with Crippen molar-refractivity contribution in [1.82, 2.24) is 0 Å². The first-order valence-corrected chi connectivity index (χ1v) is 7.61. The fourth-order valence-electron chi connectivity index (χ4n) is 1.72. The van der Waals surface area contributed by atoms with Crippen LogP contribution in [0.4, 0.5) is 5.69 Å². The molecule has 0 radical (unpaired) electrons. The second-order valence-electron chi connectivity index (χ2n) is 4.29. The third kappa shape index (κ3) is 3.77. The molecule has 0 heterocycles. The molecule has 0 saturated carbocycles. The molecule has 0 aromatic heterocycles. The van der Waals surface area contributed by atoms with E-state index in [-0.39, 0.29) is 17.0 Å². The molecule has 0 spiro atoms. The smallest absolute Gasteiger partial charge is 0.359 e. The molecule has 0 aliphatic carbocycles. The maximum Gasteiger partial charge on any atom is 0.359 e. The first kappa shape index (κ1) is 16.3. The van der Waals surface area contributed by atoms with Crippen molar-refractivity contribution >= 4 is 24.6 Å². The van der Waals surface area contributed by atoms with Gasteiger partial charge in [0.05, 0.1) is 5.56 Å². The molecule has 2 rings (SSSR count). The van der Waals surface area contributed by atoms with E-state index in [0.717, 1.165) is 12.1 Å². The van der Waals surface area contributed by atoms with Crippen molar-refractivity contribution in [2.24, 2.45) is 0 Å². The molecular formula is C13H12NO7P. The van der Waals surface area contributed by atoms with E-state index in [1.165, 1.54) is 36.4 Å². The highest BCUT2D eigenvalue weighted by Gasteiger charge is 2.24. The predicted molar refractivity (Wildman–Crippen MR) is 75.3 cm³/mol. The summed E-state index contributed by atoms with van der Waals surface area (Å²) < 4.78 is 16.3. The van der Waals surface area contributed by atoms with Crippen LogP contribution in [0.15, 0.2) is 48.5 Å². The lowest BCUT2D eigenvalue weighted by Crippen LogP contribution is -2.99. The number of benzene rings is 2. The molecule has 9 heteroatoms. The summed E-state index contributed by atoms with van der Waals surface area (Å²) in [6.45, 7) is 0. The Kier molecular flexibility index (Phi) is 4.72. The van der Waals surface area contributed by atoms with Crippen LogP contribution in [0.3, 0.4) is 0 Å². The van der Waals surface area contributed by atoms with Crippen LogP contribution in [0, 0.1) is 5.21 Å². The van der Waals surface area contributed by atoms with Crippen LogP contribution in [-0.2, 0) is 4.57 Å². The average Bonchev–Trinajstić information content (AvgIpc) is 2.46. The van der Waals surface area contributed by atoms with E-state index in [1.807, 2.05) is 0 Å². The van der Waals surface area contributed by atoms with E-state index >= 15 is 0 Å². The molecule has 1 atom stereocenters. The maximum absolute atomic E-state index is 12.0. The maximum atomic E-state index is 12.0. The number of hydrogen-bond acceptors (Lipinski definition) is 5. The van der Waals surface area contributed by atoms with Gasteiger partial charge < -0.3 is 19.7 Å². The van der Waals surface area contributed by atoms with Crippen LogP contribution >= 0.6 is 7.60 Å². The van der Waals surface area contributed by atoms with Crippen LogP contribution in [0.5, 0.6) is 5.75 Å². The monoisotopic (exact) mass is 325 g/mol. The highest BCUT2D eigenvalue weighted by Crippen LogP contribution is 2.37. The van der Waals surface area contributed by atoms with Gasteiger partial charge in [-0.3, -0.25) is 4.57 Å². The van der Waals surface area contributed by atoms with Crippen LogP contribution < -0.4 is 15.3 Å². The second kappa shape index (κ2) is 6.37. The van der Waals surface area contributed by atoms with E-state index in [0.29, 0.717) is 0 Å².